The molecule has 0 saturated heterocycles. The van der Waals surface area contributed by atoms with Gasteiger partial charge in [0.25, 0.3) is 0 Å². The Labute approximate surface area is 123 Å². The van der Waals surface area contributed by atoms with Gasteiger partial charge in [0.1, 0.15) is 5.82 Å². The van der Waals surface area contributed by atoms with Crippen molar-refractivity contribution in [3.05, 3.63) is 36.0 Å². The summed E-state index contributed by atoms with van der Waals surface area (Å²) in [7, 11) is 0. The molecule has 21 heavy (non-hydrogen) atoms. The third-order valence-electron chi connectivity index (χ3n) is 4.43. The monoisotopic (exact) mass is 289 g/mol. The van der Waals surface area contributed by atoms with Gasteiger partial charge in [0.05, 0.1) is 5.41 Å². The van der Waals surface area contributed by atoms with Crippen LogP contribution in [0.5, 0.6) is 0 Å². The highest BCUT2D eigenvalue weighted by Crippen LogP contribution is 2.37. The first-order chi connectivity index (χ1) is 10.2. The summed E-state index contributed by atoms with van der Waals surface area (Å²) in [6, 6.07) is 6.11. The Morgan fingerprint density at radius 3 is 2.38 bits per heavy atom. The van der Waals surface area contributed by atoms with Crippen LogP contribution in [0.25, 0.3) is 11.4 Å². The van der Waals surface area contributed by atoms with E-state index in [1.165, 1.54) is 25.0 Å². The minimum atomic E-state index is -0.273. The second-order valence-electron chi connectivity index (χ2n) is 5.83. The van der Waals surface area contributed by atoms with Gasteiger partial charge in [0, 0.05) is 12.1 Å². The van der Waals surface area contributed by atoms with Gasteiger partial charge in [-0.1, -0.05) is 30.8 Å². The van der Waals surface area contributed by atoms with Crippen molar-refractivity contribution in [3.63, 3.8) is 0 Å². The summed E-state index contributed by atoms with van der Waals surface area (Å²) in [4.78, 5) is 4.54. The Hall–Kier alpha value is -1.75. The molecule has 1 aromatic carbocycles. The van der Waals surface area contributed by atoms with Crippen LogP contribution in [0.2, 0.25) is 0 Å². The van der Waals surface area contributed by atoms with Crippen molar-refractivity contribution < 1.29 is 8.91 Å². The summed E-state index contributed by atoms with van der Waals surface area (Å²) in [6.07, 6.45) is 6.75. The molecule has 0 radical (unpaired) electrons. The molecule has 1 heterocycles. The average molecular weight is 289 g/mol. The van der Waals surface area contributed by atoms with Gasteiger partial charge in [0.2, 0.25) is 11.7 Å². The van der Waals surface area contributed by atoms with Gasteiger partial charge in [-0.15, -0.1) is 0 Å². The van der Waals surface area contributed by atoms with Crippen LogP contribution in [0.4, 0.5) is 4.39 Å². The average Bonchev–Trinajstić information content (AvgIpc) is 2.88. The molecule has 2 aromatic rings. The molecule has 3 rings (SSSR count). The first-order valence-corrected chi connectivity index (χ1v) is 7.54. The van der Waals surface area contributed by atoms with Gasteiger partial charge in [-0.2, -0.15) is 4.98 Å². The first-order valence-electron chi connectivity index (χ1n) is 7.54. The predicted molar refractivity (Wildman–Crippen MR) is 78.1 cm³/mol. The molecule has 1 aromatic heterocycles. The third kappa shape index (κ3) is 2.83. The van der Waals surface area contributed by atoms with E-state index < -0.39 is 0 Å². The second-order valence-corrected chi connectivity index (χ2v) is 5.83. The van der Waals surface area contributed by atoms with Crippen LogP contribution < -0.4 is 5.73 Å². The van der Waals surface area contributed by atoms with Crippen molar-refractivity contribution >= 4 is 0 Å². The maximum Gasteiger partial charge on any atom is 0.234 e. The molecular weight excluding hydrogens is 269 g/mol. The zero-order chi connectivity index (χ0) is 14.7. The minimum absolute atomic E-state index is 0.193. The molecule has 1 aliphatic rings. The molecule has 112 valence electrons. The molecule has 1 saturated carbocycles. The Bertz CT molecular complexity index is 586. The number of nitrogens with zero attached hydrogens (tertiary/aromatic N) is 2. The van der Waals surface area contributed by atoms with E-state index in [9.17, 15) is 4.39 Å². The lowest BCUT2D eigenvalue weighted by Crippen LogP contribution is -2.35. The van der Waals surface area contributed by atoms with Crippen LogP contribution in [0, 0.1) is 5.82 Å². The fraction of sp³-hybridized carbons (Fsp3) is 0.500. The molecule has 4 nitrogen and oxygen atoms in total. The Balaban J connectivity index is 1.90. The van der Waals surface area contributed by atoms with Gasteiger partial charge in [-0.3, -0.25) is 0 Å². The summed E-state index contributed by atoms with van der Waals surface area (Å²) in [5.74, 6) is 0.859. The summed E-state index contributed by atoms with van der Waals surface area (Å²) in [5, 5.41) is 4.05. The fourth-order valence-corrected chi connectivity index (χ4v) is 3.07. The molecule has 0 spiro atoms. The number of nitrogens with two attached hydrogens (primary N) is 1. The highest BCUT2D eigenvalue weighted by atomic mass is 19.1. The molecular formula is C16H20FN3O. The lowest BCUT2D eigenvalue weighted by atomic mass is 9.80. The molecule has 0 atom stereocenters. The molecule has 1 fully saturated rings. The SMILES string of the molecule is NCC1(c2nc(-c3ccc(F)cc3)no2)CCCCCC1. The topological polar surface area (TPSA) is 64.9 Å². The third-order valence-corrected chi connectivity index (χ3v) is 4.43. The van der Waals surface area contributed by atoms with Crippen molar-refractivity contribution in [3.8, 4) is 11.4 Å². The molecule has 0 bridgehead atoms. The van der Waals surface area contributed by atoms with Crippen LogP contribution >= 0.6 is 0 Å². The normalized spacial score (nSPS) is 18.4. The maximum atomic E-state index is 13.0. The van der Waals surface area contributed by atoms with Gasteiger partial charge in [0.15, 0.2) is 0 Å². The van der Waals surface area contributed by atoms with Gasteiger partial charge >= 0.3 is 0 Å². The van der Waals surface area contributed by atoms with Crippen LogP contribution in [0.3, 0.4) is 0 Å². The number of benzene rings is 1. The Morgan fingerprint density at radius 2 is 1.76 bits per heavy atom. The first kappa shape index (κ1) is 14.2. The van der Waals surface area contributed by atoms with Crippen molar-refractivity contribution in [2.45, 2.75) is 43.9 Å². The van der Waals surface area contributed by atoms with E-state index in [0.29, 0.717) is 18.3 Å². The summed E-state index contributed by atoms with van der Waals surface area (Å²) in [6.45, 7) is 0.526. The number of halogens is 1. The standard InChI is InChI=1S/C16H20FN3O/c17-13-7-5-12(6-8-13)14-19-15(21-20-14)16(11-18)9-3-1-2-4-10-16/h5-8H,1-4,9-11,18H2. The molecule has 1 aliphatic carbocycles. The number of rotatable bonds is 3. The van der Waals surface area contributed by atoms with Gasteiger partial charge in [-0.05, 0) is 37.1 Å². The molecule has 0 aliphatic heterocycles. The molecule has 2 N–H and O–H groups in total. The minimum Gasteiger partial charge on any atom is -0.338 e. The van der Waals surface area contributed by atoms with Crippen LogP contribution in [-0.2, 0) is 5.41 Å². The highest BCUT2D eigenvalue weighted by Gasteiger charge is 2.37. The van der Waals surface area contributed by atoms with Crippen molar-refractivity contribution in [2.75, 3.05) is 6.54 Å². The van der Waals surface area contributed by atoms with Gasteiger partial charge in [-0.25, -0.2) is 4.39 Å². The number of hydrogen-bond donors (Lipinski definition) is 1. The zero-order valence-corrected chi connectivity index (χ0v) is 12.0. The van der Waals surface area contributed by atoms with Crippen LogP contribution in [0.15, 0.2) is 28.8 Å². The molecule has 5 heteroatoms. The van der Waals surface area contributed by atoms with E-state index in [-0.39, 0.29) is 11.2 Å². The number of hydrogen-bond acceptors (Lipinski definition) is 4. The number of aromatic nitrogens is 2. The zero-order valence-electron chi connectivity index (χ0n) is 12.0. The summed E-state index contributed by atoms with van der Waals surface area (Å²) >= 11 is 0. The lowest BCUT2D eigenvalue weighted by Gasteiger charge is -2.26. The maximum absolute atomic E-state index is 13.0. The van der Waals surface area contributed by atoms with Crippen molar-refractivity contribution in [1.29, 1.82) is 0 Å². The van der Waals surface area contributed by atoms with Crippen LogP contribution in [0.1, 0.15) is 44.4 Å². The Kier molecular flexibility index (Phi) is 4.01. The second kappa shape index (κ2) is 5.93. The van der Waals surface area contributed by atoms with Crippen molar-refractivity contribution in [2.24, 2.45) is 5.73 Å². The highest BCUT2D eigenvalue weighted by molar-refractivity contribution is 5.53. The van der Waals surface area contributed by atoms with Crippen molar-refractivity contribution in [1.82, 2.24) is 10.1 Å². The van der Waals surface area contributed by atoms with E-state index in [2.05, 4.69) is 10.1 Å². The smallest absolute Gasteiger partial charge is 0.234 e. The Morgan fingerprint density at radius 1 is 1.10 bits per heavy atom. The van der Waals surface area contributed by atoms with E-state index in [4.69, 9.17) is 10.3 Å². The molecule has 0 unspecified atom stereocenters. The summed E-state index contributed by atoms with van der Waals surface area (Å²) < 4.78 is 18.5. The quantitative estimate of drug-likeness (QED) is 0.879. The van der Waals surface area contributed by atoms with Crippen LogP contribution in [-0.4, -0.2) is 16.7 Å². The summed E-state index contributed by atoms with van der Waals surface area (Å²) in [5.41, 5.74) is 6.59. The van der Waals surface area contributed by atoms with E-state index in [1.807, 2.05) is 0 Å². The fourth-order valence-electron chi connectivity index (χ4n) is 3.07. The van der Waals surface area contributed by atoms with Gasteiger partial charge < -0.3 is 10.3 Å². The van der Waals surface area contributed by atoms with E-state index in [0.717, 1.165) is 31.2 Å². The predicted octanol–water partition coefficient (Wildman–Crippen LogP) is 3.43. The van der Waals surface area contributed by atoms with E-state index >= 15 is 0 Å². The van der Waals surface area contributed by atoms with E-state index in [1.54, 1.807) is 12.1 Å². The largest absolute Gasteiger partial charge is 0.338 e. The molecule has 0 amide bonds. The lowest BCUT2D eigenvalue weighted by molar-refractivity contribution is 0.257.